The van der Waals surface area contributed by atoms with Gasteiger partial charge in [-0.2, -0.15) is 0 Å². The molecule has 0 radical (unpaired) electrons. The van der Waals surface area contributed by atoms with Crippen LogP contribution in [0.15, 0.2) is 29.3 Å². The summed E-state index contributed by atoms with van der Waals surface area (Å²) in [6.07, 6.45) is 3.54. The third kappa shape index (κ3) is 10.2. The maximum absolute atomic E-state index is 5.75. The number of guanidine groups is 1. The normalized spacial score (nSPS) is 13.8. The van der Waals surface area contributed by atoms with Crippen molar-refractivity contribution in [2.24, 2.45) is 10.9 Å². The lowest BCUT2D eigenvalue weighted by atomic mass is 10.2. The number of halogens is 1. The molecule has 0 amide bonds. The molecular formula is C20H34IN3O3. The number of benzene rings is 1. The summed E-state index contributed by atoms with van der Waals surface area (Å²) in [5, 5.41) is 3.40. The Balaban J connectivity index is 0.00000364. The number of aliphatic imine (C=N–C) groups is 1. The van der Waals surface area contributed by atoms with E-state index in [1.54, 1.807) is 14.2 Å². The van der Waals surface area contributed by atoms with Crippen molar-refractivity contribution in [2.45, 2.75) is 25.8 Å². The van der Waals surface area contributed by atoms with Gasteiger partial charge in [0, 0.05) is 53.9 Å². The maximum Gasteiger partial charge on any atom is 0.193 e. The minimum atomic E-state index is 0. The smallest absolute Gasteiger partial charge is 0.193 e. The van der Waals surface area contributed by atoms with Crippen molar-refractivity contribution in [1.82, 2.24) is 10.2 Å². The van der Waals surface area contributed by atoms with Crippen molar-refractivity contribution in [3.8, 4) is 5.75 Å². The molecule has 0 atom stereocenters. The van der Waals surface area contributed by atoms with Crippen LogP contribution in [0.2, 0.25) is 0 Å². The summed E-state index contributed by atoms with van der Waals surface area (Å²) >= 11 is 0. The topological polar surface area (TPSA) is 55.3 Å². The number of nitrogens with one attached hydrogen (secondary N) is 1. The molecule has 2 rings (SSSR count). The third-order valence-electron chi connectivity index (χ3n) is 4.31. The lowest BCUT2D eigenvalue weighted by Crippen LogP contribution is -2.40. The molecule has 0 heterocycles. The first-order chi connectivity index (χ1) is 12.7. The van der Waals surface area contributed by atoms with Crippen LogP contribution in [0.4, 0.5) is 0 Å². The molecule has 1 saturated carbocycles. The highest BCUT2D eigenvalue weighted by Gasteiger charge is 2.21. The zero-order valence-corrected chi connectivity index (χ0v) is 19.1. The number of nitrogens with zero attached hydrogens (tertiary/aromatic N) is 2. The van der Waals surface area contributed by atoms with E-state index in [9.17, 15) is 0 Å². The highest BCUT2D eigenvalue weighted by Crippen LogP contribution is 2.28. The predicted octanol–water partition coefficient (Wildman–Crippen LogP) is 3.15. The molecule has 154 valence electrons. The molecule has 1 aliphatic carbocycles. The second-order valence-corrected chi connectivity index (χ2v) is 6.68. The van der Waals surface area contributed by atoms with E-state index in [1.807, 2.05) is 19.2 Å². The first kappa shape index (κ1) is 24.0. The summed E-state index contributed by atoms with van der Waals surface area (Å²) in [5.41, 5.74) is 1.16. The van der Waals surface area contributed by atoms with Crippen molar-refractivity contribution in [3.05, 3.63) is 29.8 Å². The van der Waals surface area contributed by atoms with Gasteiger partial charge in [0.1, 0.15) is 5.75 Å². The van der Waals surface area contributed by atoms with Gasteiger partial charge in [-0.1, -0.05) is 12.1 Å². The first-order valence-corrected chi connectivity index (χ1v) is 9.43. The number of ether oxygens (including phenoxy) is 3. The minimum absolute atomic E-state index is 0. The monoisotopic (exact) mass is 491 g/mol. The van der Waals surface area contributed by atoms with Crippen LogP contribution in [0.3, 0.4) is 0 Å². The average Bonchev–Trinajstić information content (AvgIpc) is 3.48. The van der Waals surface area contributed by atoms with E-state index in [0.717, 1.165) is 49.4 Å². The van der Waals surface area contributed by atoms with Gasteiger partial charge in [0.05, 0.1) is 13.2 Å². The molecule has 1 N–H and O–H groups in total. The van der Waals surface area contributed by atoms with Gasteiger partial charge in [-0.15, -0.1) is 24.0 Å². The number of rotatable bonds is 12. The fourth-order valence-electron chi connectivity index (χ4n) is 2.55. The zero-order valence-electron chi connectivity index (χ0n) is 16.8. The summed E-state index contributed by atoms with van der Waals surface area (Å²) < 4.78 is 16.5. The van der Waals surface area contributed by atoms with Gasteiger partial charge in [0.2, 0.25) is 0 Å². The molecule has 1 aromatic carbocycles. The van der Waals surface area contributed by atoms with Crippen molar-refractivity contribution in [1.29, 1.82) is 0 Å². The fraction of sp³-hybridized carbons (Fsp3) is 0.650. The number of hydrogen-bond acceptors (Lipinski definition) is 4. The van der Waals surface area contributed by atoms with Gasteiger partial charge in [-0.3, -0.25) is 4.99 Å². The molecule has 7 heteroatoms. The summed E-state index contributed by atoms with van der Waals surface area (Å²) in [6, 6.07) is 8.14. The van der Waals surface area contributed by atoms with E-state index in [-0.39, 0.29) is 24.0 Å². The Hall–Kier alpha value is -1.06. The quantitative estimate of drug-likeness (QED) is 0.211. The summed E-state index contributed by atoms with van der Waals surface area (Å²) in [7, 11) is 5.54. The largest absolute Gasteiger partial charge is 0.493 e. The molecule has 0 spiro atoms. The van der Waals surface area contributed by atoms with E-state index in [1.165, 1.54) is 12.8 Å². The third-order valence-corrected chi connectivity index (χ3v) is 4.31. The van der Waals surface area contributed by atoms with E-state index in [4.69, 9.17) is 14.2 Å². The van der Waals surface area contributed by atoms with Gasteiger partial charge in [-0.25, -0.2) is 0 Å². The van der Waals surface area contributed by atoms with Crippen LogP contribution in [0, 0.1) is 5.92 Å². The Kier molecular flexibility index (Phi) is 12.4. The summed E-state index contributed by atoms with van der Waals surface area (Å²) in [6.45, 7) is 4.55. The van der Waals surface area contributed by atoms with Crippen molar-refractivity contribution in [2.75, 3.05) is 54.2 Å². The zero-order chi connectivity index (χ0) is 18.6. The fourth-order valence-corrected chi connectivity index (χ4v) is 2.55. The molecule has 0 aliphatic heterocycles. The second kappa shape index (κ2) is 14.0. The van der Waals surface area contributed by atoms with Crippen LogP contribution in [0.25, 0.3) is 0 Å². The Bertz CT molecular complexity index is 553. The van der Waals surface area contributed by atoms with Gasteiger partial charge < -0.3 is 24.4 Å². The maximum atomic E-state index is 5.75. The minimum Gasteiger partial charge on any atom is -0.493 e. The second-order valence-electron chi connectivity index (χ2n) is 6.68. The average molecular weight is 491 g/mol. The highest BCUT2D eigenvalue weighted by atomic mass is 127. The van der Waals surface area contributed by atoms with Crippen LogP contribution in [-0.4, -0.2) is 65.0 Å². The van der Waals surface area contributed by atoms with Gasteiger partial charge in [0.25, 0.3) is 0 Å². The van der Waals surface area contributed by atoms with E-state index >= 15 is 0 Å². The molecule has 0 bridgehead atoms. The molecule has 0 unspecified atom stereocenters. The number of hydrogen-bond donors (Lipinski definition) is 1. The Morgan fingerprint density at radius 2 is 2.07 bits per heavy atom. The van der Waals surface area contributed by atoms with Crippen LogP contribution >= 0.6 is 24.0 Å². The molecule has 1 aromatic rings. The molecule has 1 aliphatic rings. The highest BCUT2D eigenvalue weighted by molar-refractivity contribution is 14.0. The summed E-state index contributed by atoms with van der Waals surface area (Å²) in [5.74, 6) is 2.56. The summed E-state index contributed by atoms with van der Waals surface area (Å²) in [4.78, 5) is 6.45. The number of likely N-dealkylation sites (N-methyl/N-ethyl adjacent to an activating group) is 1. The molecule has 0 saturated heterocycles. The van der Waals surface area contributed by atoms with E-state index < -0.39 is 0 Å². The van der Waals surface area contributed by atoms with Gasteiger partial charge in [0.15, 0.2) is 5.96 Å². The van der Waals surface area contributed by atoms with Crippen LogP contribution in [0.1, 0.15) is 24.8 Å². The van der Waals surface area contributed by atoms with Gasteiger partial charge >= 0.3 is 0 Å². The molecular weight excluding hydrogens is 457 g/mol. The molecule has 27 heavy (non-hydrogen) atoms. The molecule has 1 fully saturated rings. The van der Waals surface area contributed by atoms with Crippen LogP contribution < -0.4 is 10.1 Å². The standard InChI is InChI=1S/C20H33N3O3.HI/c1-21-20(23(2)10-13-25-16-17-8-9-17)22-15-18-6-4-7-19(14-18)26-12-5-11-24-3;/h4,6-7,14,17H,5,8-13,15-16H2,1-3H3,(H,21,22);1H. The van der Waals surface area contributed by atoms with E-state index in [0.29, 0.717) is 19.8 Å². The van der Waals surface area contributed by atoms with Crippen molar-refractivity contribution < 1.29 is 14.2 Å². The lowest BCUT2D eigenvalue weighted by molar-refractivity contribution is 0.115. The van der Waals surface area contributed by atoms with Crippen LogP contribution in [0.5, 0.6) is 5.75 Å². The Morgan fingerprint density at radius 3 is 2.78 bits per heavy atom. The Morgan fingerprint density at radius 1 is 1.26 bits per heavy atom. The first-order valence-electron chi connectivity index (χ1n) is 9.43. The SMILES string of the molecule is CN=C(NCc1cccc(OCCCOC)c1)N(C)CCOCC1CC1.I. The van der Waals surface area contributed by atoms with Crippen molar-refractivity contribution >= 4 is 29.9 Å². The van der Waals surface area contributed by atoms with Crippen LogP contribution in [-0.2, 0) is 16.0 Å². The number of methoxy groups -OCH3 is 1. The molecule has 6 nitrogen and oxygen atoms in total. The van der Waals surface area contributed by atoms with E-state index in [2.05, 4.69) is 27.3 Å². The van der Waals surface area contributed by atoms with Crippen molar-refractivity contribution in [3.63, 3.8) is 0 Å². The molecule has 0 aromatic heterocycles. The Labute approximate surface area is 180 Å². The van der Waals surface area contributed by atoms with Gasteiger partial charge in [-0.05, 0) is 36.5 Å². The predicted molar refractivity (Wildman–Crippen MR) is 120 cm³/mol. The lowest BCUT2D eigenvalue weighted by Gasteiger charge is -2.22.